The minimum atomic E-state index is -0.449. The number of carbonyl (C=O) groups excluding carboxylic acids is 2. The molecule has 0 bridgehead atoms. The van der Waals surface area contributed by atoms with Crippen LogP contribution < -0.4 is 4.74 Å². The van der Waals surface area contributed by atoms with Gasteiger partial charge < -0.3 is 14.2 Å². The van der Waals surface area contributed by atoms with Gasteiger partial charge in [0.2, 0.25) is 0 Å². The summed E-state index contributed by atoms with van der Waals surface area (Å²) in [7, 11) is 0. The van der Waals surface area contributed by atoms with E-state index in [1.54, 1.807) is 45.9 Å². The minimum absolute atomic E-state index is 0.182. The van der Waals surface area contributed by atoms with Gasteiger partial charge in [-0.15, -0.1) is 0 Å². The van der Waals surface area contributed by atoms with Gasteiger partial charge >= 0.3 is 11.9 Å². The van der Waals surface area contributed by atoms with Crippen LogP contribution in [-0.4, -0.2) is 30.8 Å². The van der Waals surface area contributed by atoms with Crippen molar-refractivity contribution >= 4 is 11.9 Å². The van der Waals surface area contributed by atoms with Gasteiger partial charge in [-0.2, -0.15) is 0 Å². The van der Waals surface area contributed by atoms with Gasteiger partial charge in [0.15, 0.2) is 6.61 Å². The molecule has 0 radical (unpaired) electrons. The SMILES string of the molecule is CC(C)OC(=O)COc1cccc(C(=O)OC(C)C)c1. The number of ether oxygens (including phenoxy) is 3. The van der Waals surface area contributed by atoms with E-state index < -0.39 is 11.9 Å². The quantitative estimate of drug-likeness (QED) is 0.749. The Morgan fingerprint density at radius 3 is 2.30 bits per heavy atom. The van der Waals surface area contributed by atoms with Crippen molar-refractivity contribution in [2.45, 2.75) is 39.9 Å². The zero-order valence-electron chi connectivity index (χ0n) is 12.2. The molecule has 0 saturated carbocycles. The summed E-state index contributed by atoms with van der Waals surface area (Å²) in [6, 6.07) is 6.49. The van der Waals surface area contributed by atoms with Crippen molar-refractivity contribution in [3.05, 3.63) is 29.8 Å². The molecule has 0 aromatic heterocycles. The average Bonchev–Trinajstić information content (AvgIpc) is 2.35. The number of hydrogen-bond acceptors (Lipinski definition) is 5. The first-order chi connectivity index (χ1) is 9.38. The van der Waals surface area contributed by atoms with Crippen LogP contribution in [0.1, 0.15) is 38.1 Å². The maximum absolute atomic E-state index is 11.7. The fourth-order valence-corrected chi connectivity index (χ4v) is 1.43. The minimum Gasteiger partial charge on any atom is -0.482 e. The fourth-order valence-electron chi connectivity index (χ4n) is 1.43. The van der Waals surface area contributed by atoms with Crippen LogP contribution in [0.25, 0.3) is 0 Å². The predicted octanol–water partition coefficient (Wildman–Crippen LogP) is 2.58. The van der Waals surface area contributed by atoms with E-state index in [9.17, 15) is 9.59 Å². The number of benzene rings is 1. The average molecular weight is 280 g/mol. The predicted molar refractivity (Wildman–Crippen MR) is 73.7 cm³/mol. The summed E-state index contributed by atoms with van der Waals surface area (Å²) in [4.78, 5) is 23.1. The van der Waals surface area contributed by atoms with Gasteiger partial charge in [-0.25, -0.2) is 9.59 Å². The second-order valence-corrected chi connectivity index (χ2v) is 4.81. The third-order valence-corrected chi connectivity index (χ3v) is 2.14. The Kier molecular flexibility index (Phi) is 6.03. The molecule has 1 aromatic carbocycles. The normalized spacial score (nSPS) is 10.5. The van der Waals surface area contributed by atoms with Crippen molar-refractivity contribution in [1.82, 2.24) is 0 Å². The van der Waals surface area contributed by atoms with E-state index in [4.69, 9.17) is 14.2 Å². The van der Waals surface area contributed by atoms with Crippen LogP contribution in [-0.2, 0) is 14.3 Å². The van der Waals surface area contributed by atoms with E-state index in [0.29, 0.717) is 11.3 Å². The van der Waals surface area contributed by atoms with Gasteiger partial charge in [0, 0.05) is 0 Å². The van der Waals surface area contributed by atoms with Gasteiger partial charge in [0.1, 0.15) is 5.75 Å². The van der Waals surface area contributed by atoms with E-state index in [1.165, 1.54) is 6.07 Å². The van der Waals surface area contributed by atoms with E-state index in [2.05, 4.69) is 0 Å². The summed E-state index contributed by atoms with van der Waals surface area (Å²) in [6.45, 7) is 6.89. The van der Waals surface area contributed by atoms with Crippen molar-refractivity contribution in [3.63, 3.8) is 0 Å². The Labute approximate surface area is 118 Å². The molecule has 0 aliphatic rings. The topological polar surface area (TPSA) is 61.8 Å². The van der Waals surface area contributed by atoms with Gasteiger partial charge in [-0.1, -0.05) is 6.07 Å². The number of esters is 2. The van der Waals surface area contributed by atoms with Crippen LogP contribution in [0.4, 0.5) is 0 Å². The molecule has 0 aliphatic carbocycles. The molecule has 20 heavy (non-hydrogen) atoms. The summed E-state index contributed by atoms with van der Waals surface area (Å²) in [5, 5.41) is 0. The van der Waals surface area contributed by atoms with Crippen molar-refractivity contribution in [1.29, 1.82) is 0 Å². The van der Waals surface area contributed by atoms with E-state index in [-0.39, 0.29) is 18.8 Å². The molecule has 0 saturated heterocycles. The third-order valence-electron chi connectivity index (χ3n) is 2.14. The molecular weight excluding hydrogens is 260 g/mol. The number of rotatable bonds is 6. The molecule has 5 heteroatoms. The second kappa shape index (κ2) is 7.53. The third kappa shape index (κ3) is 5.73. The first-order valence-corrected chi connectivity index (χ1v) is 6.52. The molecule has 0 unspecified atom stereocenters. The van der Waals surface area contributed by atoms with Crippen molar-refractivity contribution < 1.29 is 23.8 Å². The molecule has 0 spiro atoms. The van der Waals surface area contributed by atoms with Gasteiger partial charge in [0.05, 0.1) is 17.8 Å². The number of hydrogen-bond donors (Lipinski definition) is 0. The lowest BCUT2D eigenvalue weighted by atomic mass is 10.2. The van der Waals surface area contributed by atoms with Crippen LogP contribution in [0.15, 0.2) is 24.3 Å². The monoisotopic (exact) mass is 280 g/mol. The maximum atomic E-state index is 11.7. The second-order valence-electron chi connectivity index (χ2n) is 4.81. The Bertz CT molecular complexity index is 465. The largest absolute Gasteiger partial charge is 0.482 e. The molecule has 0 aliphatic heterocycles. The molecule has 5 nitrogen and oxygen atoms in total. The van der Waals surface area contributed by atoms with Crippen LogP contribution in [0.2, 0.25) is 0 Å². The molecule has 0 fully saturated rings. The van der Waals surface area contributed by atoms with Crippen LogP contribution in [0.3, 0.4) is 0 Å². The van der Waals surface area contributed by atoms with Gasteiger partial charge in [0.25, 0.3) is 0 Å². The zero-order chi connectivity index (χ0) is 15.1. The molecule has 0 heterocycles. The molecule has 0 amide bonds. The van der Waals surface area contributed by atoms with Crippen molar-refractivity contribution in [2.24, 2.45) is 0 Å². The first-order valence-electron chi connectivity index (χ1n) is 6.52. The highest BCUT2D eigenvalue weighted by molar-refractivity contribution is 5.90. The molecule has 1 aromatic rings. The maximum Gasteiger partial charge on any atom is 0.344 e. The lowest BCUT2D eigenvalue weighted by Crippen LogP contribution is -2.19. The van der Waals surface area contributed by atoms with E-state index >= 15 is 0 Å². The highest BCUT2D eigenvalue weighted by Crippen LogP contribution is 2.15. The standard InChI is InChI=1S/C15H20O5/c1-10(2)19-14(16)9-18-13-7-5-6-12(8-13)15(17)20-11(3)4/h5-8,10-11H,9H2,1-4H3. The first kappa shape index (κ1) is 16.0. The van der Waals surface area contributed by atoms with Crippen LogP contribution in [0, 0.1) is 0 Å². The smallest absolute Gasteiger partial charge is 0.344 e. The van der Waals surface area contributed by atoms with E-state index in [1.807, 2.05) is 0 Å². The highest BCUT2D eigenvalue weighted by atomic mass is 16.6. The Balaban J connectivity index is 2.60. The fraction of sp³-hybridized carbons (Fsp3) is 0.467. The molecular formula is C15H20O5. The van der Waals surface area contributed by atoms with Crippen LogP contribution in [0.5, 0.6) is 5.75 Å². The summed E-state index contributed by atoms with van der Waals surface area (Å²) >= 11 is 0. The van der Waals surface area contributed by atoms with Crippen molar-refractivity contribution in [3.8, 4) is 5.75 Å². The van der Waals surface area contributed by atoms with Crippen LogP contribution >= 0.6 is 0 Å². The number of carbonyl (C=O) groups is 2. The Hall–Kier alpha value is -2.04. The van der Waals surface area contributed by atoms with Gasteiger partial charge in [-0.3, -0.25) is 0 Å². The molecule has 0 N–H and O–H groups in total. The highest BCUT2D eigenvalue weighted by Gasteiger charge is 2.11. The molecule has 110 valence electrons. The Morgan fingerprint density at radius 1 is 1.05 bits per heavy atom. The lowest BCUT2D eigenvalue weighted by molar-refractivity contribution is -0.149. The van der Waals surface area contributed by atoms with E-state index in [0.717, 1.165) is 0 Å². The summed E-state index contributed by atoms with van der Waals surface area (Å²) in [5.41, 5.74) is 0.383. The molecule has 1 rings (SSSR count). The van der Waals surface area contributed by atoms with Crippen molar-refractivity contribution in [2.75, 3.05) is 6.61 Å². The summed E-state index contributed by atoms with van der Waals surface area (Å²) in [5.74, 6) is -0.450. The zero-order valence-corrected chi connectivity index (χ0v) is 12.2. The summed E-state index contributed by atoms with van der Waals surface area (Å²) < 4.78 is 15.3. The summed E-state index contributed by atoms with van der Waals surface area (Å²) in [6.07, 6.45) is -0.369. The van der Waals surface area contributed by atoms with Gasteiger partial charge in [-0.05, 0) is 45.9 Å². The Morgan fingerprint density at radius 2 is 1.70 bits per heavy atom. The lowest BCUT2D eigenvalue weighted by Gasteiger charge is -2.11. The molecule has 0 atom stereocenters.